The van der Waals surface area contributed by atoms with Gasteiger partial charge in [0.15, 0.2) is 0 Å². The molecule has 0 spiro atoms. The van der Waals surface area contributed by atoms with Gasteiger partial charge >= 0.3 is 6.18 Å². The molecule has 0 atom stereocenters. The van der Waals surface area contributed by atoms with E-state index in [2.05, 4.69) is 10.3 Å². The minimum Gasteiger partial charge on any atom is -0.339 e. The van der Waals surface area contributed by atoms with Gasteiger partial charge in [0.2, 0.25) is 11.8 Å². The summed E-state index contributed by atoms with van der Waals surface area (Å²) >= 11 is 1.35. The number of nitrogens with one attached hydrogen (secondary N) is 1. The van der Waals surface area contributed by atoms with Gasteiger partial charge in [-0.05, 0) is 23.6 Å². The van der Waals surface area contributed by atoms with Crippen LogP contribution in [-0.4, -0.2) is 63.9 Å². The molecule has 33 heavy (non-hydrogen) atoms. The van der Waals surface area contributed by atoms with Crippen molar-refractivity contribution in [3.8, 4) is 0 Å². The summed E-state index contributed by atoms with van der Waals surface area (Å²) in [5, 5.41) is 4.56. The van der Waals surface area contributed by atoms with E-state index in [-0.39, 0.29) is 30.2 Å². The van der Waals surface area contributed by atoms with E-state index in [9.17, 15) is 27.6 Å². The van der Waals surface area contributed by atoms with Crippen molar-refractivity contribution in [1.29, 1.82) is 0 Å². The molecule has 8 nitrogen and oxygen atoms in total. The number of nitrogens with zero attached hydrogens (tertiary/aromatic N) is 4. The first-order valence-corrected chi connectivity index (χ1v) is 11.0. The maximum absolute atomic E-state index is 13.1. The fraction of sp³-hybridized carbons (Fsp3) is 0.333. The van der Waals surface area contributed by atoms with Crippen LogP contribution in [0.5, 0.6) is 0 Å². The van der Waals surface area contributed by atoms with Crippen LogP contribution in [0.1, 0.15) is 5.56 Å². The number of alkyl halides is 3. The summed E-state index contributed by atoms with van der Waals surface area (Å²) in [4.78, 5) is 45.5. The molecule has 0 saturated carbocycles. The van der Waals surface area contributed by atoms with Gasteiger partial charge < -0.3 is 10.2 Å². The van der Waals surface area contributed by atoms with Gasteiger partial charge in [0, 0.05) is 26.2 Å². The van der Waals surface area contributed by atoms with Crippen molar-refractivity contribution in [2.75, 3.05) is 38.0 Å². The van der Waals surface area contributed by atoms with Crippen LogP contribution in [0.25, 0.3) is 10.2 Å². The quantitative estimate of drug-likeness (QED) is 0.607. The largest absolute Gasteiger partial charge is 0.418 e. The van der Waals surface area contributed by atoms with Crippen LogP contribution >= 0.6 is 11.3 Å². The third kappa shape index (κ3) is 5.22. The number of carbonyl (C=O) groups excluding carboxylic acids is 2. The molecular formula is C21H20F3N5O3S. The molecule has 3 aromatic rings. The van der Waals surface area contributed by atoms with Gasteiger partial charge in [-0.3, -0.25) is 23.9 Å². The fourth-order valence-electron chi connectivity index (χ4n) is 3.64. The smallest absolute Gasteiger partial charge is 0.339 e. The van der Waals surface area contributed by atoms with E-state index in [1.54, 1.807) is 21.2 Å². The van der Waals surface area contributed by atoms with Crippen molar-refractivity contribution in [1.82, 2.24) is 19.4 Å². The first-order valence-electron chi connectivity index (χ1n) is 10.1. The average Bonchev–Trinajstić information content (AvgIpc) is 3.25. The van der Waals surface area contributed by atoms with E-state index < -0.39 is 17.6 Å². The lowest BCUT2D eigenvalue weighted by Crippen LogP contribution is -2.51. The van der Waals surface area contributed by atoms with Gasteiger partial charge in [0.05, 0.1) is 29.5 Å². The number of aromatic nitrogens is 2. The summed E-state index contributed by atoms with van der Waals surface area (Å²) in [6.07, 6.45) is -3.21. The van der Waals surface area contributed by atoms with Crippen molar-refractivity contribution in [3.05, 3.63) is 58.0 Å². The zero-order chi connectivity index (χ0) is 23.6. The van der Waals surface area contributed by atoms with Crippen LogP contribution in [0.2, 0.25) is 0 Å². The van der Waals surface area contributed by atoms with Crippen molar-refractivity contribution in [3.63, 3.8) is 0 Å². The van der Waals surface area contributed by atoms with Gasteiger partial charge in [0.25, 0.3) is 5.56 Å². The normalized spacial score (nSPS) is 15.1. The van der Waals surface area contributed by atoms with Gasteiger partial charge in [-0.2, -0.15) is 13.2 Å². The van der Waals surface area contributed by atoms with Crippen LogP contribution in [0.3, 0.4) is 0 Å². The Morgan fingerprint density at radius 1 is 1.06 bits per heavy atom. The number of thiophene rings is 1. The summed E-state index contributed by atoms with van der Waals surface area (Å²) in [6.45, 7) is 1.23. The molecule has 4 rings (SSSR count). The zero-order valence-corrected chi connectivity index (χ0v) is 18.2. The van der Waals surface area contributed by atoms with Gasteiger partial charge in [-0.25, -0.2) is 4.98 Å². The summed E-state index contributed by atoms with van der Waals surface area (Å²) in [5.41, 5.74) is -1.46. The molecule has 1 N–H and O–H groups in total. The lowest BCUT2D eigenvalue weighted by atomic mass is 10.1. The number of amides is 2. The third-order valence-corrected chi connectivity index (χ3v) is 6.18. The highest BCUT2D eigenvalue weighted by molar-refractivity contribution is 7.16. The predicted octanol–water partition coefficient (Wildman–Crippen LogP) is 2.26. The second-order valence-corrected chi connectivity index (χ2v) is 8.46. The molecule has 1 fully saturated rings. The maximum atomic E-state index is 13.1. The molecule has 1 saturated heterocycles. The van der Waals surface area contributed by atoms with Crippen LogP contribution in [-0.2, 0) is 22.3 Å². The van der Waals surface area contributed by atoms with Gasteiger partial charge in [0.1, 0.15) is 11.4 Å². The van der Waals surface area contributed by atoms with E-state index in [0.29, 0.717) is 36.4 Å². The molecule has 1 aliphatic heterocycles. The molecule has 0 bridgehead atoms. The number of carbonyl (C=O) groups is 2. The molecule has 0 unspecified atom stereocenters. The van der Waals surface area contributed by atoms with Crippen LogP contribution in [0.15, 0.2) is 46.8 Å². The Morgan fingerprint density at radius 2 is 1.79 bits per heavy atom. The zero-order valence-electron chi connectivity index (χ0n) is 17.3. The Hall–Kier alpha value is -3.25. The molecule has 0 aliphatic carbocycles. The number of anilines is 1. The SMILES string of the molecule is O=C(CN1CCN(C(=O)Cn2cnc3sccc3c2=O)CC1)Nc1ccccc1C(F)(F)F. The summed E-state index contributed by atoms with van der Waals surface area (Å²) in [6, 6.07) is 6.48. The van der Waals surface area contributed by atoms with Gasteiger partial charge in [-0.15, -0.1) is 11.3 Å². The lowest BCUT2D eigenvalue weighted by molar-refractivity contribution is -0.137. The van der Waals surface area contributed by atoms with Crippen molar-refractivity contribution in [2.45, 2.75) is 12.7 Å². The van der Waals surface area contributed by atoms with Gasteiger partial charge in [-0.1, -0.05) is 12.1 Å². The van der Waals surface area contributed by atoms with Crippen LogP contribution in [0, 0.1) is 0 Å². The van der Waals surface area contributed by atoms with E-state index in [1.165, 1.54) is 40.4 Å². The molecule has 2 amide bonds. The Labute approximate surface area is 190 Å². The number of benzene rings is 1. The molecule has 0 radical (unpaired) electrons. The highest BCUT2D eigenvalue weighted by Gasteiger charge is 2.33. The van der Waals surface area contributed by atoms with E-state index in [1.807, 2.05) is 0 Å². The maximum Gasteiger partial charge on any atom is 0.418 e. The molecule has 1 aliphatic rings. The van der Waals surface area contributed by atoms with E-state index >= 15 is 0 Å². The van der Waals surface area contributed by atoms with Crippen molar-refractivity contribution >= 4 is 39.1 Å². The number of hydrogen-bond acceptors (Lipinski definition) is 6. The first kappa shape index (κ1) is 22.9. The number of halogens is 3. The fourth-order valence-corrected chi connectivity index (χ4v) is 4.36. The second-order valence-electron chi connectivity index (χ2n) is 7.57. The highest BCUT2D eigenvalue weighted by Crippen LogP contribution is 2.34. The van der Waals surface area contributed by atoms with Crippen molar-refractivity contribution in [2.24, 2.45) is 0 Å². The lowest BCUT2D eigenvalue weighted by Gasteiger charge is -2.34. The monoisotopic (exact) mass is 479 g/mol. The first-order chi connectivity index (χ1) is 15.7. The number of fused-ring (bicyclic) bond motifs is 1. The number of para-hydroxylation sites is 1. The molecule has 12 heteroatoms. The van der Waals surface area contributed by atoms with Crippen LogP contribution in [0.4, 0.5) is 18.9 Å². The highest BCUT2D eigenvalue weighted by atomic mass is 32.1. The second kappa shape index (κ2) is 9.32. The minimum atomic E-state index is -4.57. The average molecular weight is 479 g/mol. The topological polar surface area (TPSA) is 87.5 Å². The molecule has 1 aromatic carbocycles. The Kier molecular flexibility index (Phi) is 6.47. The summed E-state index contributed by atoms with van der Waals surface area (Å²) < 4.78 is 40.6. The number of rotatable bonds is 5. The predicted molar refractivity (Wildman–Crippen MR) is 117 cm³/mol. The third-order valence-electron chi connectivity index (χ3n) is 5.35. The van der Waals surface area contributed by atoms with Crippen molar-refractivity contribution < 1.29 is 22.8 Å². The summed E-state index contributed by atoms with van der Waals surface area (Å²) in [7, 11) is 0. The van der Waals surface area contributed by atoms with E-state index in [4.69, 9.17) is 0 Å². The Balaban J connectivity index is 1.30. The molecule has 3 heterocycles. The Morgan fingerprint density at radius 3 is 2.52 bits per heavy atom. The number of hydrogen-bond donors (Lipinski definition) is 1. The summed E-state index contributed by atoms with van der Waals surface area (Å²) in [5.74, 6) is -0.801. The molecular weight excluding hydrogens is 459 g/mol. The molecule has 2 aromatic heterocycles. The standard InChI is InChI=1S/C21H20F3N5O3S/c22-21(23,24)15-3-1-2-4-16(15)26-17(30)11-27-6-8-28(9-7-27)18(31)12-29-13-25-19-14(20(29)32)5-10-33-19/h1-5,10,13H,6-9,11-12H2,(H,26,30). The van der Waals surface area contributed by atoms with E-state index in [0.717, 1.165) is 6.07 Å². The number of piperazine rings is 1. The Bertz CT molecular complexity index is 1230. The minimum absolute atomic E-state index is 0.0908. The van der Waals surface area contributed by atoms with Crippen LogP contribution < -0.4 is 10.9 Å². The molecule has 174 valence electrons.